The molecule has 4 heteroatoms. The highest BCUT2D eigenvalue weighted by molar-refractivity contribution is 6.20. The van der Waals surface area contributed by atoms with E-state index in [0.717, 1.165) is 12.0 Å². The van der Waals surface area contributed by atoms with E-state index in [1.165, 1.54) is 56.9 Å². The van der Waals surface area contributed by atoms with Gasteiger partial charge in [-0.05, 0) is 36.8 Å². The molecule has 25 heavy (non-hydrogen) atoms. The lowest BCUT2D eigenvalue weighted by Crippen LogP contribution is -2.52. The van der Waals surface area contributed by atoms with Crippen molar-refractivity contribution in [2.45, 2.75) is 88.7 Å². The van der Waals surface area contributed by atoms with E-state index < -0.39 is 11.1 Å². The summed E-state index contributed by atoms with van der Waals surface area (Å²) in [4.78, 5) is 0. The molecule has 0 saturated heterocycles. The number of hydrogen-bond acceptors (Lipinski definition) is 3. The number of aliphatic hydroxyl groups excluding tert-OH is 2. The van der Waals surface area contributed by atoms with Gasteiger partial charge < -0.3 is 15.9 Å². The first kappa shape index (κ1) is 22.4. The van der Waals surface area contributed by atoms with E-state index in [9.17, 15) is 10.2 Å². The van der Waals surface area contributed by atoms with Crippen molar-refractivity contribution in [2.24, 2.45) is 5.73 Å². The molecule has 1 aromatic carbocycles. The fourth-order valence-corrected chi connectivity index (χ4v) is 3.16. The molecule has 3 nitrogen and oxygen atoms in total. The Kier molecular flexibility index (Phi) is 11.4. The van der Waals surface area contributed by atoms with Gasteiger partial charge in [0.15, 0.2) is 0 Å². The number of hydrogen-bond donors (Lipinski definition) is 3. The first-order valence-corrected chi connectivity index (χ1v) is 10.2. The molecule has 2 unspecified atom stereocenters. The van der Waals surface area contributed by atoms with E-state index in [2.05, 4.69) is 31.2 Å². The number of aryl methyl sites for hydroxylation is 2. The maximum absolute atomic E-state index is 9.48. The van der Waals surface area contributed by atoms with Crippen LogP contribution in [0.2, 0.25) is 0 Å². The van der Waals surface area contributed by atoms with Crippen molar-refractivity contribution in [3.63, 3.8) is 0 Å². The smallest absolute Gasteiger partial charge is 0.148 e. The summed E-state index contributed by atoms with van der Waals surface area (Å²) in [7, 11) is 0. The second-order valence-corrected chi connectivity index (χ2v) is 7.68. The fraction of sp³-hybridized carbons (Fsp3) is 0.714. The highest BCUT2D eigenvalue weighted by atomic mass is 35.5. The summed E-state index contributed by atoms with van der Waals surface area (Å²) in [6.07, 6.45) is 13.0. The van der Waals surface area contributed by atoms with Gasteiger partial charge in [0.1, 0.15) is 5.56 Å². The summed E-state index contributed by atoms with van der Waals surface area (Å²) in [5.74, 6) is 0. The Hall–Kier alpha value is -0.610. The van der Waals surface area contributed by atoms with E-state index in [1.807, 2.05) is 0 Å². The van der Waals surface area contributed by atoms with Crippen LogP contribution < -0.4 is 5.73 Å². The fourth-order valence-electron chi connectivity index (χ4n) is 2.99. The molecule has 2 atom stereocenters. The van der Waals surface area contributed by atoms with E-state index in [0.29, 0.717) is 12.8 Å². The molecule has 0 spiro atoms. The van der Waals surface area contributed by atoms with Gasteiger partial charge in [-0.3, -0.25) is 0 Å². The molecule has 0 aromatic heterocycles. The van der Waals surface area contributed by atoms with E-state index in [4.69, 9.17) is 17.3 Å². The second-order valence-electron chi connectivity index (χ2n) is 7.27. The summed E-state index contributed by atoms with van der Waals surface area (Å²) in [6, 6.07) is 8.56. The van der Waals surface area contributed by atoms with Crippen LogP contribution in [0, 0.1) is 0 Å². The Morgan fingerprint density at radius 2 is 1.40 bits per heavy atom. The number of unbranched alkanes of at least 4 members (excludes halogenated alkanes) is 7. The Morgan fingerprint density at radius 3 is 1.88 bits per heavy atom. The zero-order valence-corrected chi connectivity index (χ0v) is 16.5. The number of rotatable bonds is 14. The Labute approximate surface area is 158 Å². The SMILES string of the molecule is CCCCCCCCCCc1ccc(CCC(N)(CO)C(O)Cl)cc1. The Bertz CT molecular complexity index is 450. The molecule has 0 bridgehead atoms. The van der Waals surface area contributed by atoms with Crippen LogP contribution in [0.5, 0.6) is 0 Å². The van der Waals surface area contributed by atoms with Crippen molar-refractivity contribution in [3.05, 3.63) is 35.4 Å². The minimum Gasteiger partial charge on any atom is -0.394 e. The van der Waals surface area contributed by atoms with Crippen LogP contribution in [-0.2, 0) is 12.8 Å². The van der Waals surface area contributed by atoms with E-state index >= 15 is 0 Å². The van der Waals surface area contributed by atoms with Crippen molar-refractivity contribution in [1.82, 2.24) is 0 Å². The molecule has 0 saturated carbocycles. The molecule has 0 amide bonds. The van der Waals surface area contributed by atoms with Gasteiger partial charge in [-0.25, -0.2) is 0 Å². The number of aliphatic hydroxyl groups is 2. The van der Waals surface area contributed by atoms with Gasteiger partial charge in [0.25, 0.3) is 0 Å². The normalized spacial score (nSPS) is 15.1. The summed E-state index contributed by atoms with van der Waals surface area (Å²) in [6.45, 7) is 1.93. The number of halogens is 1. The lowest BCUT2D eigenvalue weighted by molar-refractivity contribution is 0.0887. The molecule has 0 heterocycles. The predicted molar refractivity (Wildman–Crippen MR) is 107 cm³/mol. The Balaban J connectivity index is 2.23. The van der Waals surface area contributed by atoms with Crippen molar-refractivity contribution in [3.8, 4) is 0 Å². The Morgan fingerprint density at radius 1 is 0.920 bits per heavy atom. The summed E-state index contributed by atoms with van der Waals surface area (Å²) >= 11 is 5.67. The van der Waals surface area contributed by atoms with Gasteiger partial charge in [0, 0.05) is 0 Å². The largest absolute Gasteiger partial charge is 0.394 e. The van der Waals surface area contributed by atoms with E-state index in [1.54, 1.807) is 0 Å². The maximum Gasteiger partial charge on any atom is 0.148 e. The van der Waals surface area contributed by atoms with Crippen LogP contribution >= 0.6 is 11.6 Å². The van der Waals surface area contributed by atoms with Gasteiger partial charge in [0.2, 0.25) is 0 Å². The summed E-state index contributed by atoms with van der Waals surface area (Å²) < 4.78 is 0. The van der Waals surface area contributed by atoms with Gasteiger partial charge in [-0.1, -0.05) is 87.7 Å². The molecule has 0 aliphatic carbocycles. The van der Waals surface area contributed by atoms with Gasteiger partial charge >= 0.3 is 0 Å². The van der Waals surface area contributed by atoms with Crippen LogP contribution in [0.4, 0.5) is 0 Å². The van der Waals surface area contributed by atoms with Gasteiger partial charge in [-0.15, -0.1) is 0 Å². The van der Waals surface area contributed by atoms with E-state index in [-0.39, 0.29) is 6.61 Å². The van der Waals surface area contributed by atoms with Crippen molar-refractivity contribution >= 4 is 11.6 Å². The number of nitrogens with two attached hydrogens (primary N) is 1. The lowest BCUT2D eigenvalue weighted by atomic mass is 9.93. The minimum absolute atomic E-state index is 0.325. The van der Waals surface area contributed by atoms with Crippen LogP contribution in [-0.4, -0.2) is 27.9 Å². The number of alkyl halides is 1. The molecule has 144 valence electrons. The quantitative estimate of drug-likeness (QED) is 0.333. The van der Waals surface area contributed by atoms with Crippen LogP contribution in [0.25, 0.3) is 0 Å². The highest BCUT2D eigenvalue weighted by Crippen LogP contribution is 2.19. The molecule has 0 aliphatic heterocycles. The predicted octanol–water partition coefficient (Wildman–Crippen LogP) is 4.55. The van der Waals surface area contributed by atoms with Crippen molar-refractivity contribution in [1.29, 1.82) is 0 Å². The molecule has 0 radical (unpaired) electrons. The topological polar surface area (TPSA) is 66.5 Å². The zero-order chi connectivity index (χ0) is 18.5. The summed E-state index contributed by atoms with van der Waals surface area (Å²) in [5, 5.41) is 18.8. The monoisotopic (exact) mass is 369 g/mol. The number of benzene rings is 1. The molecule has 1 aromatic rings. The minimum atomic E-state index is -1.24. The van der Waals surface area contributed by atoms with Crippen LogP contribution in [0.1, 0.15) is 75.8 Å². The maximum atomic E-state index is 9.48. The first-order valence-electron chi connectivity index (χ1n) is 9.81. The van der Waals surface area contributed by atoms with Crippen LogP contribution in [0.15, 0.2) is 24.3 Å². The lowest BCUT2D eigenvalue weighted by Gasteiger charge is -2.28. The summed E-state index contributed by atoms with van der Waals surface area (Å²) in [5.41, 5.74) is 6.06. The molecule has 0 fully saturated rings. The second kappa shape index (κ2) is 12.7. The molecular weight excluding hydrogens is 334 g/mol. The standard InChI is InChI=1S/C21H36ClNO2/c1-2-3-4-5-6-7-8-9-10-18-11-13-19(14-12-18)15-16-21(23,17-24)20(22)25/h11-14,20,24-25H,2-10,15-17,23H2,1H3. The third-order valence-corrected chi connectivity index (χ3v) is 5.42. The molecule has 0 aliphatic rings. The average Bonchev–Trinajstić information content (AvgIpc) is 2.62. The molecule has 4 N–H and O–H groups in total. The van der Waals surface area contributed by atoms with Crippen molar-refractivity contribution < 1.29 is 10.2 Å². The van der Waals surface area contributed by atoms with Gasteiger partial charge in [-0.2, -0.15) is 0 Å². The zero-order valence-electron chi connectivity index (χ0n) is 15.7. The average molecular weight is 370 g/mol. The van der Waals surface area contributed by atoms with Crippen molar-refractivity contribution in [2.75, 3.05) is 6.61 Å². The molecular formula is C21H36ClNO2. The third-order valence-electron chi connectivity index (χ3n) is 4.99. The van der Waals surface area contributed by atoms with Gasteiger partial charge in [0.05, 0.1) is 12.1 Å². The third kappa shape index (κ3) is 9.05. The van der Waals surface area contributed by atoms with Crippen LogP contribution in [0.3, 0.4) is 0 Å². The first-order chi connectivity index (χ1) is 12.0. The highest BCUT2D eigenvalue weighted by Gasteiger charge is 2.31. The molecule has 1 rings (SSSR count).